The minimum absolute atomic E-state index is 0.0685. The summed E-state index contributed by atoms with van der Waals surface area (Å²) in [7, 11) is 0. The van der Waals surface area contributed by atoms with Crippen molar-refractivity contribution in [3.05, 3.63) is 35.1 Å². The lowest BCUT2D eigenvalue weighted by atomic mass is 10.1. The number of aliphatic imine (C=N–C) groups is 2. The van der Waals surface area contributed by atoms with Crippen molar-refractivity contribution in [3.8, 4) is 0 Å². The van der Waals surface area contributed by atoms with E-state index in [1.165, 1.54) is 24.3 Å². The first-order valence-electron chi connectivity index (χ1n) is 4.12. The van der Waals surface area contributed by atoms with Crippen LogP contribution in [0.15, 0.2) is 28.2 Å². The van der Waals surface area contributed by atoms with E-state index in [1.54, 1.807) is 6.07 Å². The Morgan fingerprint density at radius 1 is 1.00 bits per heavy atom. The Kier molecular flexibility index (Phi) is 4.10. The summed E-state index contributed by atoms with van der Waals surface area (Å²) in [4.78, 5) is 26.4. The SMILES string of the molecule is O=C=NCc1cc(F)cc(CN=C=O)c1. The molecular formula is C10H7FN2O2. The Labute approximate surface area is 85.2 Å². The van der Waals surface area contributed by atoms with Gasteiger partial charge in [-0.15, -0.1) is 0 Å². The van der Waals surface area contributed by atoms with Crippen LogP contribution in [0.5, 0.6) is 0 Å². The van der Waals surface area contributed by atoms with E-state index in [2.05, 4.69) is 9.98 Å². The molecule has 1 aromatic rings. The summed E-state index contributed by atoms with van der Waals surface area (Å²) in [6.45, 7) is 0.137. The molecule has 0 aliphatic heterocycles. The number of benzene rings is 1. The Bertz CT molecular complexity index is 408. The molecule has 0 N–H and O–H groups in total. The van der Waals surface area contributed by atoms with E-state index in [1.807, 2.05) is 0 Å². The summed E-state index contributed by atoms with van der Waals surface area (Å²) in [5.74, 6) is -0.454. The van der Waals surface area contributed by atoms with Crippen molar-refractivity contribution in [1.29, 1.82) is 0 Å². The maximum atomic E-state index is 13.0. The molecule has 5 heteroatoms. The summed E-state index contributed by atoms with van der Waals surface area (Å²) in [5, 5.41) is 0. The average Bonchev–Trinajstić information content (AvgIpc) is 2.23. The Hall–Kier alpha value is -2.09. The fourth-order valence-electron chi connectivity index (χ4n) is 1.15. The number of nitrogens with zero attached hydrogens (tertiary/aromatic N) is 2. The van der Waals surface area contributed by atoms with Gasteiger partial charge in [0, 0.05) is 0 Å². The first kappa shape index (κ1) is 11.0. The summed E-state index contributed by atoms with van der Waals surface area (Å²) >= 11 is 0. The van der Waals surface area contributed by atoms with Gasteiger partial charge in [0.25, 0.3) is 0 Å². The molecule has 0 amide bonds. The first-order chi connectivity index (χ1) is 7.26. The predicted molar refractivity (Wildman–Crippen MR) is 50.1 cm³/mol. The molecule has 0 aromatic heterocycles. The number of carbonyl (C=O) groups excluding carboxylic acids is 2. The highest BCUT2D eigenvalue weighted by atomic mass is 19.1. The standard InChI is InChI=1S/C10H7FN2O2/c11-10-2-8(4-12-6-14)1-9(3-10)5-13-7-15/h1-3H,4-5H2. The van der Waals surface area contributed by atoms with E-state index in [0.717, 1.165) is 0 Å². The molecule has 0 spiro atoms. The third kappa shape index (κ3) is 3.65. The second-order valence-electron chi connectivity index (χ2n) is 2.78. The zero-order valence-corrected chi connectivity index (χ0v) is 7.74. The average molecular weight is 206 g/mol. The number of hydrogen-bond acceptors (Lipinski definition) is 4. The molecular weight excluding hydrogens is 199 g/mol. The van der Waals surface area contributed by atoms with Crippen LogP contribution in [-0.2, 0) is 22.7 Å². The molecule has 0 radical (unpaired) electrons. The molecule has 0 saturated heterocycles. The van der Waals surface area contributed by atoms with Crippen LogP contribution in [0.4, 0.5) is 4.39 Å². The van der Waals surface area contributed by atoms with Gasteiger partial charge in [-0.2, -0.15) is 0 Å². The van der Waals surface area contributed by atoms with Crippen LogP contribution in [0, 0.1) is 5.82 Å². The van der Waals surface area contributed by atoms with Gasteiger partial charge in [0.1, 0.15) is 5.82 Å². The topological polar surface area (TPSA) is 58.9 Å². The molecule has 0 heterocycles. The van der Waals surface area contributed by atoms with Crippen molar-refractivity contribution < 1.29 is 14.0 Å². The molecule has 0 saturated carbocycles. The molecule has 0 fully saturated rings. The molecule has 0 atom stereocenters. The molecule has 4 nitrogen and oxygen atoms in total. The Morgan fingerprint density at radius 2 is 1.47 bits per heavy atom. The fourth-order valence-corrected chi connectivity index (χ4v) is 1.15. The Balaban J connectivity index is 2.93. The van der Waals surface area contributed by atoms with Crippen molar-refractivity contribution >= 4 is 12.2 Å². The summed E-state index contributed by atoms with van der Waals surface area (Å²) < 4.78 is 13.0. The minimum Gasteiger partial charge on any atom is -0.211 e. The highest BCUT2D eigenvalue weighted by Gasteiger charge is 2.00. The van der Waals surface area contributed by atoms with Crippen LogP contribution in [0.25, 0.3) is 0 Å². The second kappa shape index (κ2) is 5.60. The van der Waals surface area contributed by atoms with E-state index in [4.69, 9.17) is 0 Å². The summed E-state index contributed by atoms with van der Waals surface area (Å²) in [5.41, 5.74) is 1.07. The van der Waals surface area contributed by atoms with Gasteiger partial charge in [0.05, 0.1) is 13.1 Å². The van der Waals surface area contributed by atoms with Crippen molar-refractivity contribution in [1.82, 2.24) is 0 Å². The number of rotatable bonds is 4. The number of isocyanates is 2. The van der Waals surface area contributed by atoms with Gasteiger partial charge in [0.2, 0.25) is 12.2 Å². The third-order valence-corrected chi connectivity index (χ3v) is 1.67. The van der Waals surface area contributed by atoms with E-state index in [9.17, 15) is 14.0 Å². The van der Waals surface area contributed by atoms with Crippen LogP contribution in [0.1, 0.15) is 11.1 Å². The van der Waals surface area contributed by atoms with E-state index in [-0.39, 0.29) is 13.1 Å². The molecule has 15 heavy (non-hydrogen) atoms. The maximum absolute atomic E-state index is 13.0. The third-order valence-electron chi connectivity index (χ3n) is 1.67. The zero-order chi connectivity index (χ0) is 11.1. The highest BCUT2D eigenvalue weighted by Crippen LogP contribution is 2.11. The second-order valence-corrected chi connectivity index (χ2v) is 2.78. The molecule has 0 aliphatic carbocycles. The van der Waals surface area contributed by atoms with Gasteiger partial charge in [-0.1, -0.05) is 6.07 Å². The van der Waals surface area contributed by atoms with E-state index < -0.39 is 5.82 Å². The maximum Gasteiger partial charge on any atom is 0.235 e. The minimum atomic E-state index is -0.454. The van der Waals surface area contributed by atoms with Crippen LogP contribution in [0.3, 0.4) is 0 Å². The van der Waals surface area contributed by atoms with Gasteiger partial charge in [0.15, 0.2) is 0 Å². The lowest BCUT2D eigenvalue weighted by molar-refractivity contribution is 0.562. The lowest BCUT2D eigenvalue weighted by Gasteiger charge is -2.00. The van der Waals surface area contributed by atoms with Crippen molar-refractivity contribution in [2.24, 2.45) is 9.98 Å². The Morgan fingerprint density at radius 3 is 1.87 bits per heavy atom. The first-order valence-corrected chi connectivity index (χ1v) is 4.12. The summed E-state index contributed by atoms with van der Waals surface area (Å²) in [6, 6.07) is 4.13. The van der Waals surface area contributed by atoms with E-state index in [0.29, 0.717) is 11.1 Å². The van der Waals surface area contributed by atoms with Crippen LogP contribution in [0.2, 0.25) is 0 Å². The predicted octanol–water partition coefficient (Wildman–Crippen LogP) is 1.50. The van der Waals surface area contributed by atoms with Gasteiger partial charge in [-0.3, -0.25) is 0 Å². The van der Waals surface area contributed by atoms with Gasteiger partial charge < -0.3 is 0 Å². The monoisotopic (exact) mass is 206 g/mol. The van der Waals surface area contributed by atoms with Crippen molar-refractivity contribution in [2.75, 3.05) is 0 Å². The van der Waals surface area contributed by atoms with Gasteiger partial charge in [-0.25, -0.2) is 24.0 Å². The largest absolute Gasteiger partial charge is 0.235 e. The normalized spacial score (nSPS) is 8.87. The number of halogens is 1. The van der Waals surface area contributed by atoms with Crippen LogP contribution in [-0.4, -0.2) is 12.2 Å². The molecule has 0 unspecified atom stereocenters. The molecule has 0 bridgehead atoms. The highest BCUT2D eigenvalue weighted by molar-refractivity contribution is 5.35. The fraction of sp³-hybridized carbons (Fsp3) is 0.200. The van der Waals surface area contributed by atoms with Gasteiger partial charge >= 0.3 is 0 Å². The smallest absolute Gasteiger partial charge is 0.211 e. The van der Waals surface area contributed by atoms with Crippen molar-refractivity contribution in [3.63, 3.8) is 0 Å². The molecule has 1 aromatic carbocycles. The van der Waals surface area contributed by atoms with Crippen molar-refractivity contribution in [2.45, 2.75) is 13.1 Å². The number of hydrogen-bond donors (Lipinski definition) is 0. The van der Waals surface area contributed by atoms with Crippen LogP contribution >= 0.6 is 0 Å². The molecule has 76 valence electrons. The molecule has 0 aliphatic rings. The quantitative estimate of drug-likeness (QED) is 0.553. The lowest BCUT2D eigenvalue weighted by Crippen LogP contribution is -1.89. The van der Waals surface area contributed by atoms with Gasteiger partial charge in [-0.05, 0) is 23.3 Å². The van der Waals surface area contributed by atoms with Crippen LogP contribution < -0.4 is 0 Å². The zero-order valence-electron chi connectivity index (χ0n) is 7.74. The van der Waals surface area contributed by atoms with E-state index >= 15 is 0 Å². The summed E-state index contributed by atoms with van der Waals surface area (Å²) in [6.07, 6.45) is 2.73. The molecule has 1 rings (SSSR count).